The number of aromatic nitrogens is 1. The minimum atomic E-state index is 0.170. The number of hydrogen-bond acceptors (Lipinski definition) is 3. The van der Waals surface area contributed by atoms with E-state index in [4.69, 9.17) is 4.52 Å². The highest BCUT2D eigenvalue weighted by Gasteiger charge is 2.27. The second-order valence-corrected chi connectivity index (χ2v) is 6.31. The Hall–Kier alpha value is -1.32. The summed E-state index contributed by atoms with van der Waals surface area (Å²) >= 11 is 0. The Balaban J connectivity index is 1.79. The van der Waals surface area contributed by atoms with Crippen LogP contribution in [0.3, 0.4) is 0 Å². The van der Waals surface area contributed by atoms with Crippen LogP contribution in [0, 0.1) is 19.8 Å². The van der Waals surface area contributed by atoms with Crippen LogP contribution in [0.25, 0.3) is 0 Å². The summed E-state index contributed by atoms with van der Waals surface area (Å²) in [5.74, 6) is 1.69. The normalized spacial score (nSPS) is 21.7. The van der Waals surface area contributed by atoms with E-state index < -0.39 is 0 Å². The summed E-state index contributed by atoms with van der Waals surface area (Å²) in [6, 6.07) is 0.397. The lowest BCUT2D eigenvalue weighted by Gasteiger charge is -2.20. The molecule has 0 spiro atoms. The van der Waals surface area contributed by atoms with Gasteiger partial charge >= 0.3 is 0 Å². The van der Waals surface area contributed by atoms with Crippen LogP contribution in [0.1, 0.15) is 68.9 Å². The molecule has 0 saturated heterocycles. The van der Waals surface area contributed by atoms with Gasteiger partial charge in [-0.3, -0.25) is 4.79 Å². The molecule has 0 aromatic carbocycles. The van der Waals surface area contributed by atoms with Crippen molar-refractivity contribution in [3.8, 4) is 0 Å². The summed E-state index contributed by atoms with van der Waals surface area (Å²) in [7, 11) is 0. The average Bonchev–Trinajstić information content (AvgIpc) is 3.02. The van der Waals surface area contributed by atoms with Gasteiger partial charge in [0.1, 0.15) is 5.76 Å². The number of unbranched alkanes of at least 4 members (excludes halogenated alkanes) is 1. The predicted octanol–water partition coefficient (Wildman–Crippen LogP) is 3.70. The minimum Gasteiger partial charge on any atom is -0.361 e. The lowest BCUT2D eigenvalue weighted by atomic mass is 9.96. The Morgan fingerprint density at radius 2 is 2.19 bits per heavy atom. The van der Waals surface area contributed by atoms with Crippen molar-refractivity contribution in [3.63, 3.8) is 0 Å². The maximum absolute atomic E-state index is 12.2. The van der Waals surface area contributed by atoms with Crippen LogP contribution in [0.2, 0.25) is 0 Å². The average molecular weight is 292 g/mol. The van der Waals surface area contributed by atoms with E-state index in [0.29, 0.717) is 18.4 Å². The van der Waals surface area contributed by atoms with Crippen molar-refractivity contribution in [2.45, 2.75) is 78.2 Å². The molecular formula is C17H28N2O2. The van der Waals surface area contributed by atoms with E-state index in [9.17, 15) is 4.79 Å². The van der Waals surface area contributed by atoms with Gasteiger partial charge in [-0.1, -0.05) is 31.3 Å². The monoisotopic (exact) mass is 292 g/mol. The summed E-state index contributed by atoms with van der Waals surface area (Å²) in [5, 5.41) is 7.19. The first-order valence-corrected chi connectivity index (χ1v) is 8.33. The highest BCUT2D eigenvalue weighted by atomic mass is 16.5. The lowest BCUT2D eigenvalue weighted by Crippen LogP contribution is -2.37. The molecular weight excluding hydrogens is 264 g/mol. The van der Waals surface area contributed by atoms with Crippen LogP contribution in [-0.4, -0.2) is 17.1 Å². The fourth-order valence-electron chi connectivity index (χ4n) is 3.41. The molecule has 1 aliphatic rings. The smallest absolute Gasteiger partial charge is 0.220 e. The number of carbonyl (C=O) groups is 1. The Morgan fingerprint density at radius 1 is 1.38 bits per heavy atom. The third kappa shape index (κ3) is 4.32. The van der Waals surface area contributed by atoms with Gasteiger partial charge < -0.3 is 9.84 Å². The Labute approximate surface area is 127 Å². The largest absolute Gasteiger partial charge is 0.361 e. The highest BCUT2D eigenvalue weighted by molar-refractivity contribution is 5.76. The van der Waals surface area contributed by atoms with Crippen LogP contribution in [-0.2, 0) is 11.2 Å². The first-order chi connectivity index (χ1) is 10.1. The fourth-order valence-corrected chi connectivity index (χ4v) is 3.41. The number of rotatable bonds is 7. The van der Waals surface area contributed by atoms with Crippen molar-refractivity contribution >= 4 is 5.91 Å². The zero-order chi connectivity index (χ0) is 15.2. The summed E-state index contributed by atoms with van der Waals surface area (Å²) in [5.41, 5.74) is 1.99. The van der Waals surface area contributed by atoms with E-state index in [0.717, 1.165) is 29.9 Å². The van der Waals surface area contributed by atoms with Crippen molar-refractivity contribution in [1.29, 1.82) is 0 Å². The number of nitrogens with one attached hydrogen (secondary N) is 1. The molecule has 0 radical (unpaired) electrons. The first kappa shape index (κ1) is 16.1. The standard InChI is InChI=1S/C17H28N2O2/c1-4-5-7-14-8-6-9-16(14)18-17(20)11-10-15-12(2)19-21-13(15)3/h14,16H,4-11H2,1-3H3,(H,18,20)/t14-,16-/m0/s1. The van der Waals surface area contributed by atoms with Crippen LogP contribution < -0.4 is 5.32 Å². The van der Waals surface area contributed by atoms with Gasteiger partial charge in [0.25, 0.3) is 0 Å². The van der Waals surface area contributed by atoms with E-state index in [2.05, 4.69) is 17.4 Å². The molecule has 1 saturated carbocycles. The van der Waals surface area contributed by atoms with Crippen LogP contribution in [0.5, 0.6) is 0 Å². The molecule has 2 atom stereocenters. The van der Waals surface area contributed by atoms with Gasteiger partial charge in [0, 0.05) is 18.0 Å². The molecule has 4 nitrogen and oxygen atoms in total. The molecule has 1 N–H and O–H groups in total. The maximum Gasteiger partial charge on any atom is 0.220 e. The van der Waals surface area contributed by atoms with Gasteiger partial charge in [0.2, 0.25) is 5.91 Å². The number of carbonyl (C=O) groups excluding carboxylic acids is 1. The molecule has 1 aromatic rings. The zero-order valence-electron chi connectivity index (χ0n) is 13.6. The molecule has 4 heteroatoms. The van der Waals surface area contributed by atoms with E-state index in [1.807, 2.05) is 13.8 Å². The van der Waals surface area contributed by atoms with Gasteiger partial charge in [0.15, 0.2) is 0 Å². The molecule has 0 aliphatic heterocycles. The lowest BCUT2D eigenvalue weighted by molar-refractivity contribution is -0.122. The second kappa shape index (κ2) is 7.62. The van der Waals surface area contributed by atoms with E-state index in [-0.39, 0.29) is 5.91 Å². The first-order valence-electron chi connectivity index (χ1n) is 8.33. The van der Waals surface area contributed by atoms with Crippen molar-refractivity contribution in [2.75, 3.05) is 0 Å². The van der Waals surface area contributed by atoms with Gasteiger partial charge in [-0.15, -0.1) is 0 Å². The topological polar surface area (TPSA) is 55.1 Å². The number of aryl methyl sites for hydroxylation is 2. The Kier molecular flexibility index (Phi) is 5.83. The zero-order valence-corrected chi connectivity index (χ0v) is 13.6. The van der Waals surface area contributed by atoms with Crippen LogP contribution in [0.4, 0.5) is 0 Å². The van der Waals surface area contributed by atoms with E-state index in [1.165, 1.54) is 32.1 Å². The summed E-state index contributed by atoms with van der Waals surface area (Å²) < 4.78 is 5.14. The third-order valence-corrected chi connectivity index (χ3v) is 4.72. The summed E-state index contributed by atoms with van der Waals surface area (Å²) in [6.07, 6.45) is 8.69. The molecule has 0 bridgehead atoms. The predicted molar refractivity (Wildman–Crippen MR) is 83.1 cm³/mol. The number of nitrogens with zero attached hydrogens (tertiary/aromatic N) is 1. The molecule has 1 aliphatic carbocycles. The van der Waals surface area contributed by atoms with Crippen molar-refractivity contribution in [3.05, 3.63) is 17.0 Å². The Bertz CT molecular complexity index is 448. The molecule has 21 heavy (non-hydrogen) atoms. The number of amides is 1. The molecule has 1 aromatic heterocycles. The molecule has 1 heterocycles. The van der Waals surface area contributed by atoms with Gasteiger partial charge in [-0.2, -0.15) is 0 Å². The summed E-state index contributed by atoms with van der Waals surface area (Å²) in [4.78, 5) is 12.2. The van der Waals surface area contributed by atoms with Gasteiger partial charge in [0.05, 0.1) is 5.69 Å². The molecule has 2 rings (SSSR count). The van der Waals surface area contributed by atoms with E-state index >= 15 is 0 Å². The summed E-state index contributed by atoms with van der Waals surface area (Å²) in [6.45, 7) is 6.07. The maximum atomic E-state index is 12.2. The SMILES string of the molecule is CCCC[C@H]1CCC[C@@H]1NC(=O)CCc1c(C)noc1C. The van der Waals surface area contributed by atoms with Crippen LogP contribution in [0.15, 0.2) is 4.52 Å². The minimum absolute atomic E-state index is 0.170. The molecule has 0 unspecified atom stereocenters. The van der Waals surface area contributed by atoms with Crippen molar-refractivity contribution < 1.29 is 9.32 Å². The molecule has 1 fully saturated rings. The van der Waals surface area contributed by atoms with E-state index in [1.54, 1.807) is 0 Å². The fraction of sp³-hybridized carbons (Fsp3) is 0.765. The van der Waals surface area contributed by atoms with Crippen molar-refractivity contribution in [1.82, 2.24) is 10.5 Å². The number of hydrogen-bond donors (Lipinski definition) is 1. The molecule has 118 valence electrons. The molecule has 1 amide bonds. The third-order valence-electron chi connectivity index (χ3n) is 4.72. The highest BCUT2D eigenvalue weighted by Crippen LogP contribution is 2.30. The van der Waals surface area contributed by atoms with Gasteiger partial charge in [-0.05, 0) is 45.4 Å². The quantitative estimate of drug-likeness (QED) is 0.833. The van der Waals surface area contributed by atoms with Gasteiger partial charge in [-0.25, -0.2) is 0 Å². The van der Waals surface area contributed by atoms with Crippen LogP contribution >= 0.6 is 0 Å². The Morgan fingerprint density at radius 3 is 2.86 bits per heavy atom. The van der Waals surface area contributed by atoms with Crippen molar-refractivity contribution in [2.24, 2.45) is 5.92 Å². The second-order valence-electron chi connectivity index (χ2n) is 6.31.